The van der Waals surface area contributed by atoms with Crippen molar-refractivity contribution in [3.63, 3.8) is 0 Å². The van der Waals surface area contributed by atoms with Gasteiger partial charge in [0.25, 0.3) is 0 Å². The van der Waals surface area contributed by atoms with Crippen LogP contribution in [0.4, 0.5) is 0 Å². The number of rotatable bonds is 7. The molecule has 0 aromatic rings. The van der Waals surface area contributed by atoms with Crippen LogP contribution in [0.1, 0.15) is 39.0 Å². The quantitative estimate of drug-likeness (QED) is 0.423. The fourth-order valence-corrected chi connectivity index (χ4v) is 4.88. The molecule has 3 atom stereocenters. The number of nitrogens with two attached hydrogens (primary N) is 1. The van der Waals surface area contributed by atoms with E-state index in [2.05, 4.69) is 12.3 Å². The lowest BCUT2D eigenvalue weighted by Gasteiger charge is -2.33. The first-order valence-electron chi connectivity index (χ1n) is 6.71. The highest BCUT2D eigenvalue weighted by atomic mass is 32.2. The molecule has 3 N–H and O–H groups in total. The predicted octanol–water partition coefficient (Wildman–Crippen LogP) is 1.56. The van der Waals surface area contributed by atoms with Crippen LogP contribution >= 0.6 is 11.8 Å². The Hall–Kier alpha value is 0.220. The number of hydrazine groups is 1. The summed E-state index contributed by atoms with van der Waals surface area (Å²) in [6, 6.07) is 0.242. The van der Waals surface area contributed by atoms with Gasteiger partial charge in [-0.1, -0.05) is 13.3 Å². The first-order valence-corrected chi connectivity index (χ1v) is 9.82. The van der Waals surface area contributed by atoms with E-state index in [0.717, 1.165) is 37.2 Å². The second-order valence-electron chi connectivity index (χ2n) is 5.23. The zero-order valence-electron chi connectivity index (χ0n) is 11.4. The minimum atomic E-state index is -2.90. The van der Waals surface area contributed by atoms with Crippen LogP contribution in [0.5, 0.6) is 0 Å². The Labute approximate surface area is 115 Å². The Kier molecular flexibility index (Phi) is 6.98. The molecular weight excluding hydrogens is 268 g/mol. The lowest BCUT2D eigenvalue weighted by Crippen LogP contribution is -2.45. The van der Waals surface area contributed by atoms with Crippen molar-refractivity contribution in [1.29, 1.82) is 0 Å². The van der Waals surface area contributed by atoms with Crippen LogP contribution in [0.3, 0.4) is 0 Å². The van der Waals surface area contributed by atoms with E-state index in [1.165, 1.54) is 12.7 Å². The summed E-state index contributed by atoms with van der Waals surface area (Å²) in [4.78, 5) is 0. The van der Waals surface area contributed by atoms with Crippen LogP contribution in [0.15, 0.2) is 0 Å². The third-order valence-electron chi connectivity index (χ3n) is 3.70. The van der Waals surface area contributed by atoms with Gasteiger partial charge in [-0.2, -0.15) is 11.8 Å². The van der Waals surface area contributed by atoms with E-state index in [0.29, 0.717) is 5.92 Å². The molecule has 108 valence electrons. The molecule has 0 radical (unpaired) electrons. The maximum Gasteiger partial charge on any atom is 0.150 e. The molecule has 1 rings (SSSR count). The van der Waals surface area contributed by atoms with Gasteiger partial charge in [0.05, 0.1) is 5.25 Å². The summed E-state index contributed by atoms with van der Waals surface area (Å²) in [5, 5.41) is -0.164. The molecule has 1 saturated carbocycles. The molecule has 3 unspecified atom stereocenters. The highest BCUT2D eigenvalue weighted by Gasteiger charge is 2.32. The van der Waals surface area contributed by atoms with Crippen LogP contribution in [0.2, 0.25) is 0 Å². The number of sulfone groups is 1. The van der Waals surface area contributed by atoms with Crippen molar-refractivity contribution >= 4 is 21.6 Å². The van der Waals surface area contributed by atoms with Crippen LogP contribution < -0.4 is 11.3 Å². The maximum atomic E-state index is 11.6. The minimum Gasteiger partial charge on any atom is -0.271 e. The first-order chi connectivity index (χ1) is 8.49. The van der Waals surface area contributed by atoms with Gasteiger partial charge in [-0.15, -0.1) is 0 Å². The highest BCUT2D eigenvalue weighted by molar-refractivity contribution is 7.99. The summed E-state index contributed by atoms with van der Waals surface area (Å²) >= 11 is 1.90. The summed E-state index contributed by atoms with van der Waals surface area (Å²) in [5.41, 5.74) is 2.89. The Morgan fingerprint density at radius 1 is 1.44 bits per heavy atom. The van der Waals surface area contributed by atoms with Crippen molar-refractivity contribution in [2.24, 2.45) is 11.8 Å². The van der Waals surface area contributed by atoms with Gasteiger partial charge in [-0.3, -0.25) is 11.3 Å². The predicted molar refractivity (Wildman–Crippen MR) is 79.3 cm³/mol. The monoisotopic (exact) mass is 294 g/mol. The zero-order chi connectivity index (χ0) is 13.6. The van der Waals surface area contributed by atoms with E-state index in [1.54, 1.807) is 0 Å². The van der Waals surface area contributed by atoms with Crippen LogP contribution in [0, 0.1) is 5.92 Å². The topological polar surface area (TPSA) is 72.2 Å². The second-order valence-corrected chi connectivity index (χ2v) is 8.70. The summed E-state index contributed by atoms with van der Waals surface area (Å²) in [7, 11) is -2.90. The summed E-state index contributed by atoms with van der Waals surface area (Å²) < 4.78 is 23.3. The summed E-state index contributed by atoms with van der Waals surface area (Å²) in [6.07, 6.45) is 6.19. The standard InChI is InChI=1S/C12H26N2O2S2/c1-3-7-17-9-12(14-13)10-5-4-6-11(8-10)18(2,15)16/h10-12,14H,3-9,13H2,1-2H3. The van der Waals surface area contributed by atoms with Crippen molar-refractivity contribution in [2.45, 2.75) is 50.3 Å². The molecule has 0 heterocycles. The normalized spacial score (nSPS) is 27.1. The Morgan fingerprint density at radius 2 is 2.17 bits per heavy atom. The molecule has 0 aromatic heterocycles. The molecule has 1 fully saturated rings. The van der Waals surface area contributed by atoms with Crippen molar-refractivity contribution in [3.05, 3.63) is 0 Å². The van der Waals surface area contributed by atoms with E-state index in [1.807, 2.05) is 11.8 Å². The van der Waals surface area contributed by atoms with Gasteiger partial charge in [-0.05, 0) is 37.4 Å². The molecule has 18 heavy (non-hydrogen) atoms. The average molecular weight is 294 g/mol. The number of hydrogen-bond acceptors (Lipinski definition) is 5. The molecule has 1 aliphatic rings. The van der Waals surface area contributed by atoms with E-state index in [9.17, 15) is 8.42 Å². The molecule has 0 amide bonds. The van der Waals surface area contributed by atoms with Crippen molar-refractivity contribution in [2.75, 3.05) is 17.8 Å². The van der Waals surface area contributed by atoms with Gasteiger partial charge in [0, 0.05) is 18.1 Å². The van der Waals surface area contributed by atoms with Crippen molar-refractivity contribution < 1.29 is 8.42 Å². The molecule has 1 aliphatic carbocycles. The fraction of sp³-hybridized carbons (Fsp3) is 1.00. The van der Waals surface area contributed by atoms with E-state index in [4.69, 9.17) is 5.84 Å². The van der Waals surface area contributed by atoms with Crippen LogP contribution in [-0.4, -0.2) is 37.5 Å². The lowest BCUT2D eigenvalue weighted by atomic mass is 9.84. The minimum absolute atomic E-state index is 0.164. The summed E-state index contributed by atoms with van der Waals surface area (Å²) in [5.74, 6) is 8.14. The van der Waals surface area contributed by atoms with Gasteiger partial charge in [0.2, 0.25) is 0 Å². The van der Waals surface area contributed by atoms with Crippen molar-refractivity contribution in [3.8, 4) is 0 Å². The summed E-state index contributed by atoms with van der Waals surface area (Å²) in [6.45, 7) is 2.16. The number of nitrogens with one attached hydrogen (secondary N) is 1. The molecule has 4 nitrogen and oxygen atoms in total. The number of hydrogen-bond donors (Lipinski definition) is 2. The second kappa shape index (κ2) is 7.72. The first kappa shape index (κ1) is 16.3. The zero-order valence-corrected chi connectivity index (χ0v) is 13.0. The van der Waals surface area contributed by atoms with Gasteiger partial charge in [0.15, 0.2) is 0 Å². The maximum absolute atomic E-state index is 11.6. The molecule has 0 spiro atoms. The van der Waals surface area contributed by atoms with Gasteiger partial charge >= 0.3 is 0 Å². The van der Waals surface area contributed by atoms with Gasteiger partial charge < -0.3 is 0 Å². The van der Waals surface area contributed by atoms with Crippen LogP contribution in [-0.2, 0) is 9.84 Å². The Balaban J connectivity index is 2.52. The SMILES string of the molecule is CCCSCC(NN)C1CCCC(S(C)(=O)=O)C1. The smallest absolute Gasteiger partial charge is 0.150 e. The number of thioether (sulfide) groups is 1. The van der Waals surface area contributed by atoms with Gasteiger partial charge in [-0.25, -0.2) is 8.42 Å². The molecular formula is C12H26N2O2S2. The fourth-order valence-electron chi connectivity index (χ4n) is 2.61. The molecule has 0 aliphatic heterocycles. The van der Waals surface area contributed by atoms with Crippen LogP contribution in [0.25, 0.3) is 0 Å². The molecule has 6 heteroatoms. The molecule has 0 saturated heterocycles. The van der Waals surface area contributed by atoms with Gasteiger partial charge in [0.1, 0.15) is 9.84 Å². The Morgan fingerprint density at radius 3 is 2.72 bits per heavy atom. The third-order valence-corrected chi connectivity index (χ3v) is 6.63. The lowest BCUT2D eigenvalue weighted by molar-refractivity contribution is 0.288. The van der Waals surface area contributed by atoms with Crippen molar-refractivity contribution in [1.82, 2.24) is 5.43 Å². The Bertz CT molecular complexity index is 333. The van der Waals surface area contributed by atoms with E-state index >= 15 is 0 Å². The third kappa shape index (κ3) is 5.07. The van der Waals surface area contributed by atoms with E-state index < -0.39 is 9.84 Å². The molecule has 0 aromatic carbocycles. The average Bonchev–Trinajstić information content (AvgIpc) is 2.34. The largest absolute Gasteiger partial charge is 0.271 e. The molecule has 0 bridgehead atoms. The highest BCUT2D eigenvalue weighted by Crippen LogP contribution is 2.31. The van der Waals surface area contributed by atoms with E-state index in [-0.39, 0.29) is 11.3 Å².